The van der Waals surface area contributed by atoms with E-state index in [0.717, 1.165) is 0 Å². The van der Waals surface area contributed by atoms with E-state index in [0.29, 0.717) is 6.42 Å². The summed E-state index contributed by atoms with van der Waals surface area (Å²) in [4.78, 5) is 53.8. The van der Waals surface area contributed by atoms with E-state index < -0.39 is 82.2 Å². The number of hydrogen-bond donors (Lipinski definition) is 5. The number of ether oxygens (including phenoxy) is 2. The third-order valence-electron chi connectivity index (χ3n) is 8.69. The van der Waals surface area contributed by atoms with Crippen molar-refractivity contribution < 1.29 is 48.8 Å². The largest absolute Gasteiger partial charge is 0.441 e. The number of carbonyl (C=O) groups is 4. The summed E-state index contributed by atoms with van der Waals surface area (Å²) in [5.41, 5.74) is -6.16. The SMILES string of the molecule is C=C[C@@]1(C)CC(=O)[C@]2(O)[C@@]3(C)[C@@H](O)CCC(C)(C)[C@@H]3[C@H](O)[C@H](OC(=O)NOC(=O)CNC(C)=O)[C@@]2(C)O1. The van der Waals surface area contributed by atoms with Gasteiger partial charge in [-0.15, -0.1) is 12.1 Å². The fourth-order valence-corrected chi connectivity index (χ4v) is 6.95. The van der Waals surface area contributed by atoms with E-state index in [1.165, 1.54) is 19.9 Å². The van der Waals surface area contributed by atoms with Crippen molar-refractivity contribution in [1.29, 1.82) is 0 Å². The number of carbonyl (C=O) groups excluding carboxylic acids is 4. The molecule has 2 amide bonds. The summed E-state index contributed by atoms with van der Waals surface area (Å²) in [5, 5.41) is 37.5. The van der Waals surface area contributed by atoms with Gasteiger partial charge in [-0.3, -0.25) is 9.59 Å². The molecular weight excluding hydrogens is 488 g/mol. The Morgan fingerprint density at radius 3 is 2.38 bits per heavy atom. The minimum absolute atomic E-state index is 0.256. The molecule has 1 aliphatic heterocycles. The molecule has 5 N–H and O–H groups in total. The van der Waals surface area contributed by atoms with Crippen LogP contribution in [0.15, 0.2) is 12.7 Å². The van der Waals surface area contributed by atoms with Crippen molar-refractivity contribution >= 4 is 23.8 Å². The van der Waals surface area contributed by atoms with E-state index in [1.54, 1.807) is 19.3 Å². The lowest BCUT2D eigenvalue weighted by molar-refractivity contribution is -0.369. The molecule has 1 saturated heterocycles. The van der Waals surface area contributed by atoms with Crippen LogP contribution in [-0.2, 0) is 28.7 Å². The van der Waals surface area contributed by atoms with Gasteiger partial charge in [-0.2, -0.15) is 0 Å². The van der Waals surface area contributed by atoms with Gasteiger partial charge in [0.1, 0.15) is 12.1 Å². The van der Waals surface area contributed by atoms with Crippen LogP contribution in [0.3, 0.4) is 0 Å². The Kier molecular flexibility index (Phi) is 7.32. The van der Waals surface area contributed by atoms with Gasteiger partial charge < -0.3 is 34.9 Å². The highest BCUT2D eigenvalue weighted by Gasteiger charge is 2.81. The van der Waals surface area contributed by atoms with Crippen molar-refractivity contribution in [3.8, 4) is 0 Å². The molecular formula is C25H38N2O10. The molecule has 2 aliphatic carbocycles. The average molecular weight is 527 g/mol. The first kappa shape index (κ1) is 29.0. The zero-order chi connectivity index (χ0) is 28.2. The van der Waals surface area contributed by atoms with E-state index in [9.17, 15) is 34.5 Å². The average Bonchev–Trinajstić information content (AvgIpc) is 2.79. The monoisotopic (exact) mass is 526 g/mol. The quantitative estimate of drug-likeness (QED) is 0.252. The van der Waals surface area contributed by atoms with Crippen LogP contribution in [-0.4, -0.2) is 80.7 Å². The van der Waals surface area contributed by atoms with Crippen LogP contribution in [0, 0.1) is 16.7 Å². The number of aliphatic hydroxyl groups excluding tert-OH is 2. The molecule has 0 bridgehead atoms. The predicted molar refractivity (Wildman–Crippen MR) is 127 cm³/mol. The molecule has 0 aromatic carbocycles. The molecule has 3 aliphatic rings. The zero-order valence-electron chi connectivity index (χ0n) is 22.1. The highest BCUT2D eigenvalue weighted by Crippen LogP contribution is 2.67. The number of hydroxylamine groups is 1. The number of hydrogen-bond acceptors (Lipinski definition) is 10. The number of rotatable bonds is 4. The number of amides is 2. The zero-order valence-corrected chi connectivity index (χ0v) is 22.1. The van der Waals surface area contributed by atoms with Gasteiger partial charge in [0.25, 0.3) is 0 Å². The Bertz CT molecular complexity index is 1000. The summed E-state index contributed by atoms with van der Waals surface area (Å²) < 4.78 is 11.8. The van der Waals surface area contributed by atoms with Gasteiger partial charge in [0.2, 0.25) is 5.91 Å². The minimum atomic E-state index is -2.38. The smallest absolute Gasteiger partial charge is 0.438 e. The van der Waals surface area contributed by atoms with Crippen molar-refractivity contribution in [2.75, 3.05) is 6.54 Å². The van der Waals surface area contributed by atoms with Crippen molar-refractivity contribution in [3.63, 3.8) is 0 Å². The van der Waals surface area contributed by atoms with Crippen molar-refractivity contribution in [1.82, 2.24) is 10.8 Å². The normalized spacial score (nSPS) is 42.5. The Morgan fingerprint density at radius 1 is 1.19 bits per heavy atom. The molecule has 37 heavy (non-hydrogen) atoms. The highest BCUT2D eigenvalue weighted by molar-refractivity contribution is 5.92. The third kappa shape index (κ3) is 4.33. The molecule has 0 aromatic rings. The summed E-state index contributed by atoms with van der Waals surface area (Å²) in [6.45, 7) is 12.6. The van der Waals surface area contributed by atoms with E-state index in [-0.39, 0.29) is 12.8 Å². The van der Waals surface area contributed by atoms with Crippen LogP contribution in [0.25, 0.3) is 0 Å². The van der Waals surface area contributed by atoms with Gasteiger partial charge in [0.05, 0.1) is 17.8 Å². The van der Waals surface area contributed by atoms with Gasteiger partial charge >= 0.3 is 12.1 Å². The number of ketones is 1. The number of aliphatic hydroxyl groups is 3. The van der Waals surface area contributed by atoms with Crippen LogP contribution >= 0.6 is 0 Å². The van der Waals surface area contributed by atoms with Crippen LogP contribution in [0.4, 0.5) is 4.79 Å². The second kappa shape index (κ2) is 9.33. The summed E-state index contributed by atoms with van der Waals surface area (Å²) in [6, 6.07) is 0. The molecule has 3 rings (SSSR count). The molecule has 1 heterocycles. The fraction of sp³-hybridized carbons (Fsp3) is 0.760. The topological polar surface area (TPSA) is 181 Å². The predicted octanol–water partition coefficient (Wildman–Crippen LogP) is 0.277. The molecule has 3 fully saturated rings. The maximum absolute atomic E-state index is 13.8. The van der Waals surface area contributed by atoms with Crippen LogP contribution < -0.4 is 10.8 Å². The fourth-order valence-electron chi connectivity index (χ4n) is 6.95. The van der Waals surface area contributed by atoms with E-state index in [1.807, 2.05) is 13.8 Å². The molecule has 8 atom stereocenters. The Labute approximate surface area is 215 Å². The van der Waals surface area contributed by atoms with Crippen molar-refractivity contribution in [2.45, 2.75) is 95.9 Å². The van der Waals surface area contributed by atoms with E-state index in [2.05, 4.69) is 16.7 Å². The minimum Gasteiger partial charge on any atom is -0.438 e. The maximum Gasteiger partial charge on any atom is 0.441 e. The molecule has 208 valence electrons. The lowest BCUT2D eigenvalue weighted by Gasteiger charge is -2.71. The third-order valence-corrected chi connectivity index (χ3v) is 8.69. The Morgan fingerprint density at radius 2 is 1.81 bits per heavy atom. The van der Waals surface area contributed by atoms with Gasteiger partial charge in [-0.25, -0.2) is 9.59 Å². The van der Waals surface area contributed by atoms with Gasteiger partial charge in [0, 0.05) is 24.7 Å². The molecule has 0 spiro atoms. The summed E-state index contributed by atoms with van der Waals surface area (Å²) in [7, 11) is 0. The van der Waals surface area contributed by atoms with E-state index in [4.69, 9.17) is 9.47 Å². The van der Waals surface area contributed by atoms with Crippen LogP contribution in [0.5, 0.6) is 0 Å². The molecule has 12 nitrogen and oxygen atoms in total. The lowest BCUT2D eigenvalue weighted by atomic mass is 9.40. The second-order valence-electron chi connectivity index (χ2n) is 11.6. The highest BCUT2D eigenvalue weighted by atomic mass is 16.7. The number of Topliss-reactive ketones (excluding diaryl/α,β-unsaturated/α-hetero) is 1. The molecule has 0 radical (unpaired) electrons. The Hall–Kier alpha value is -2.54. The van der Waals surface area contributed by atoms with Gasteiger partial charge in [-0.05, 0) is 32.1 Å². The first-order valence-electron chi connectivity index (χ1n) is 12.3. The molecule has 0 aromatic heterocycles. The van der Waals surface area contributed by atoms with Crippen LogP contribution in [0.1, 0.15) is 60.8 Å². The maximum atomic E-state index is 13.8. The summed E-state index contributed by atoms with van der Waals surface area (Å²) in [6.07, 6.45) is -3.73. The molecule has 2 saturated carbocycles. The standard InChI is InChI=1S/C25H38N2O10/c1-8-22(5)11-15(30)25(34)23(6)14(29)9-10-21(3,4)18(23)17(32)19(24(25,7)37-22)35-20(33)27-36-16(31)12-26-13(2)28/h8,14,17-19,29,32,34H,1,9-12H2,2-7H3,(H,26,28)(H,27,33)/t14-,17-,18-,19-,22-,23-,24+,25-/m0/s1. The Balaban J connectivity index is 2.04. The summed E-state index contributed by atoms with van der Waals surface area (Å²) >= 11 is 0. The number of fused-ring (bicyclic) bond motifs is 3. The van der Waals surface area contributed by atoms with Gasteiger partial charge in [-0.1, -0.05) is 26.8 Å². The van der Waals surface area contributed by atoms with Crippen molar-refractivity contribution in [3.05, 3.63) is 12.7 Å². The molecule has 0 unspecified atom stereocenters. The lowest BCUT2D eigenvalue weighted by Crippen LogP contribution is -2.86. The van der Waals surface area contributed by atoms with Crippen LogP contribution in [0.2, 0.25) is 0 Å². The second-order valence-corrected chi connectivity index (χ2v) is 11.6. The summed E-state index contributed by atoms with van der Waals surface area (Å²) in [5.74, 6) is -3.02. The first-order valence-corrected chi connectivity index (χ1v) is 12.3. The van der Waals surface area contributed by atoms with E-state index >= 15 is 0 Å². The first-order chi connectivity index (χ1) is 16.9. The molecule has 12 heteroatoms. The van der Waals surface area contributed by atoms with Crippen molar-refractivity contribution in [2.24, 2.45) is 16.7 Å². The number of nitrogens with one attached hydrogen (secondary N) is 2. The van der Waals surface area contributed by atoms with Gasteiger partial charge in [0.15, 0.2) is 17.5 Å².